The maximum atomic E-state index is 2.36. The van der Waals surface area contributed by atoms with E-state index in [2.05, 4.69) is 155 Å². The third-order valence-corrected chi connectivity index (χ3v) is 7.74. The van der Waals surface area contributed by atoms with Crippen molar-refractivity contribution < 1.29 is 0 Å². The Bertz CT molecular complexity index is 1850. The fraction of sp³-hybridized carbons (Fsp3) is 0.182. The zero-order valence-corrected chi connectivity index (χ0v) is 28.8. The van der Waals surface area contributed by atoms with Crippen LogP contribution in [0.2, 0.25) is 0 Å². The Labute approximate surface area is 275 Å². The fourth-order valence-electron chi connectivity index (χ4n) is 6.01. The van der Waals surface area contributed by atoms with E-state index in [1.807, 2.05) is 55.4 Å². The van der Waals surface area contributed by atoms with E-state index in [9.17, 15) is 0 Å². The summed E-state index contributed by atoms with van der Waals surface area (Å²) in [6.07, 6.45) is 0. The van der Waals surface area contributed by atoms with Gasteiger partial charge in [-0.15, -0.1) is 0 Å². The number of hydrogen-bond donors (Lipinski definition) is 0. The first kappa shape index (κ1) is 33.8. The highest BCUT2D eigenvalue weighted by Gasteiger charge is 2.13. The molecule has 0 amide bonds. The summed E-state index contributed by atoms with van der Waals surface area (Å²) in [6.45, 7) is 16.0. The average molecular weight is 605 g/mol. The Balaban J connectivity index is 0.000000560. The van der Waals surface area contributed by atoms with Gasteiger partial charge in [-0.1, -0.05) is 152 Å². The third kappa shape index (κ3) is 6.21. The molecule has 6 aromatic carbocycles. The Hall–Kier alpha value is -5.08. The highest BCUT2D eigenvalue weighted by atomic mass is 15.0. The van der Waals surface area contributed by atoms with Crippen molar-refractivity contribution in [2.24, 2.45) is 0 Å². The van der Waals surface area contributed by atoms with Gasteiger partial charge in [-0.25, -0.2) is 0 Å². The molecule has 46 heavy (non-hydrogen) atoms. The molecule has 0 aliphatic carbocycles. The third-order valence-electron chi connectivity index (χ3n) is 7.74. The van der Waals surface area contributed by atoms with Crippen LogP contribution < -0.4 is 0 Å². The summed E-state index contributed by atoms with van der Waals surface area (Å²) in [7, 11) is 0. The zero-order valence-electron chi connectivity index (χ0n) is 28.8. The molecular weight excluding hydrogens is 556 g/mol. The number of aromatic nitrogens is 2. The zero-order chi connectivity index (χ0) is 33.1. The molecule has 8 rings (SSSR count). The van der Waals surface area contributed by atoms with E-state index < -0.39 is 0 Å². The molecule has 0 N–H and O–H groups in total. The molecule has 234 valence electrons. The number of fused-ring (bicyclic) bond motifs is 6. The van der Waals surface area contributed by atoms with Crippen LogP contribution >= 0.6 is 0 Å². The first-order valence-electron chi connectivity index (χ1n) is 17.0. The predicted octanol–water partition coefficient (Wildman–Crippen LogP) is 13.7. The molecule has 2 aromatic heterocycles. The van der Waals surface area contributed by atoms with Crippen LogP contribution in [0.4, 0.5) is 0 Å². The van der Waals surface area contributed by atoms with Crippen LogP contribution in [-0.4, -0.2) is 9.13 Å². The maximum absolute atomic E-state index is 2.36. The van der Waals surface area contributed by atoms with Crippen molar-refractivity contribution in [1.82, 2.24) is 9.13 Å². The molecule has 0 aliphatic rings. The molecule has 2 heterocycles. The van der Waals surface area contributed by atoms with E-state index in [0.717, 1.165) is 0 Å². The first-order valence-corrected chi connectivity index (χ1v) is 17.0. The summed E-state index contributed by atoms with van der Waals surface area (Å²) in [6, 6.07) is 52.4. The van der Waals surface area contributed by atoms with Crippen molar-refractivity contribution in [3.63, 3.8) is 0 Å². The lowest BCUT2D eigenvalue weighted by atomic mass is 10.0. The summed E-state index contributed by atoms with van der Waals surface area (Å²) in [5.74, 6) is 0. The standard InChI is InChI=1S/C36H24N2.4C2H6/c1-5-13-33-29(9-1)30-10-2-6-14-34(30)37(33)27-21-17-25(18-22-27)26-19-23-28(24-20-26)38-35-15-7-3-11-31(35)32-12-4-8-16-36(32)38;4*1-2/h1-24H;4*1-2H3. The van der Waals surface area contributed by atoms with Crippen molar-refractivity contribution in [3.05, 3.63) is 146 Å². The van der Waals surface area contributed by atoms with Crippen molar-refractivity contribution in [2.45, 2.75) is 55.4 Å². The molecule has 0 spiro atoms. The van der Waals surface area contributed by atoms with E-state index in [0.29, 0.717) is 0 Å². The Kier molecular flexibility index (Phi) is 12.0. The lowest BCUT2D eigenvalue weighted by Gasteiger charge is -2.11. The van der Waals surface area contributed by atoms with E-state index in [4.69, 9.17) is 0 Å². The minimum Gasteiger partial charge on any atom is -0.309 e. The van der Waals surface area contributed by atoms with Gasteiger partial charge in [0.05, 0.1) is 22.1 Å². The molecule has 2 nitrogen and oxygen atoms in total. The second kappa shape index (κ2) is 16.3. The first-order chi connectivity index (χ1) is 22.9. The van der Waals surface area contributed by atoms with E-state index in [1.165, 1.54) is 66.1 Å². The molecule has 0 atom stereocenters. The summed E-state index contributed by atoms with van der Waals surface area (Å²) in [4.78, 5) is 0. The minimum absolute atomic E-state index is 1.17. The second-order valence-electron chi connectivity index (χ2n) is 9.83. The summed E-state index contributed by atoms with van der Waals surface area (Å²) in [5.41, 5.74) is 9.70. The normalized spacial score (nSPS) is 10.2. The Morgan fingerprint density at radius 2 is 0.478 bits per heavy atom. The maximum Gasteiger partial charge on any atom is 0.0541 e. The predicted molar refractivity (Wildman–Crippen MR) is 206 cm³/mol. The SMILES string of the molecule is CC.CC.CC.CC.c1ccc2c(c1)c1ccccc1n2-c1ccc(-c2ccc(-n3c4ccccc4c4ccccc43)cc2)cc1. The van der Waals surface area contributed by atoms with E-state index in [1.54, 1.807) is 0 Å². The highest BCUT2D eigenvalue weighted by Crippen LogP contribution is 2.34. The van der Waals surface area contributed by atoms with E-state index in [-0.39, 0.29) is 0 Å². The van der Waals surface area contributed by atoms with Gasteiger partial charge in [0.2, 0.25) is 0 Å². The number of hydrogen-bond acceptors (Lipinski definition) is 0. The van der Waals surface area contributed by atoms with Gasteiger partial charge < -0.3 is 9.13 Å². The van der Waals surface area contributed by atoms with Gasteiger partial charge in [0, 0.05) is 32.9 Å². The Morgan fingerprint density at radius 3 is 0.717 bits per heavy atom. The van der Waals surface area contributed by atoms with Gasteiger partial charge >= 0.3 is 0 Å². The number of nitrogens with zero attached hydrogens (tertiary/aromatic N) is 2. The number of rotatable bonds is 3. The number of para-hydroxylation sites is 4. The van der Waals surface area contributed by atoms with Crippen molar-refractivity contribution in [2.75, 3.05) is 0 Å². The average Bonchev–Trinajstić information content (AvgIpc) is 3.68. The highest BCUT2D eigenvalue weighted by molar-refractivity contribution is 6.10. The topological polar surface area (TPSA) is 9.86 Å². The summed E-state index contributed by atoms with van der Waals surface area (Å²) >= 11 is 0. The molecule has 0 unspecified atom stereocenters. The Morgan fingerprint density at radius 1 is 0.261 bits per heavy atom. The van der Waals surface area contributed by atoms with Crippen LogP contribution in [0.3, 0.4) is 0 Å². The van der Waals surface area contributed by atoms with Gasteiger partial charge in [0.1, 0.15) is 0 Å². The quantitative estimate of drug-likeness (QED) is 0.190. The lowest BCUT2D eigenvalue weighted by Crippen LogP contribution is -1.94. The van der Waals surface area contributed by atoms with Crippen molar-refractivity contribution >= 4 is 43.6 Å². The minimum atomic E-state index is 1.17. The molecule has 0 fully saturated rings. The van der Waals surface area contributed by atoms with Gasteiger partial charge in [-0.05, 0) is 59.7 Å². The van der Waals surface area contributed by atoms with Gasteiger partial charge in [-0.2, -0.15) is 0 Å². The van der Waals surface area contributed by atoms with Gasteiger partial charge in [0.25, 0.3) is 0 Å². The van der Waals surface area contributed by atoms with Crippen LogP contribution in [-0.2, 0) is 0 Å². The molecule has 0 saturated heterocycles. The van der Waals surface area contributed by atoms with E-state index >= 15 is 0 Å². The lowest BCUT2D eigenvalue weighted by molar-refractivity contribution is 1.18. The molecular formula is C44H48N2. The van der Waals surface area contributed by atoms with Crippen LogP contribution in [0.25, 0.3) is 66.1 Å². The van der Waals surface area contributed by atoms with Crippen molar-refractivity contribution in [1.29, 1.82) is 0 Å². The van der Waals surface area contributed by atoms with Gasteiger partial charge in [-0.3, -0.25) is 0 Å². The monoisotopic (exact) mass is 604 g/mol. The smallest absolute Gasteiger partial charge is 0.0541 e. The van der Waals surface area contributed by atoms with Crippen molar-refractivity contribution in [3.8, 4) is 22.5 Å². The van der Waals surface area contributed by atoms with Crippen LogP contribution in [0, 0.1) is 0 Å². The van der Waals surface area contributed by atoms with Crippen LogP contribution in [0.1, 0.15) is 55.4 Å². The molecule has 8 aromatic rings. The van der Waals surface area contributed by atoms with Crippen LogP contribution in [0.5, 0.6) is 0 Å². The largest absolute Gasteiger partial charge is 0.309 e. The molecule has 0 saturated carbocycles. The fourth-order valence-corrected chi connectivity index (χ4v) is 6.01. The van der Waals surface area contributed by atoms with Crippen LogP contribution in [0.15, 0.2) is 146 Å². The second-order valence-corrected chi connectivity index (χ2v) is 9.83. The van der Waals surface area contributed by atoms with Gasteiger partial charge in [0.15, 0.2) is 0 Å². The summed E-state index contributed by atoms with van der Waals surface area (Å²) in [5, 5.41) is 5.14. The number of benzene rings is 6. The molecule has 0 radical (unpaired) electrons. The molecule has 0 bridgehead atoms. The molecule has 0 aliphatic heterocycles. The summed E-state index contributed by atoms with van der Waals surface area (Å²) < 4.78 is 4.72. The molecule has 2 heteroatoms.